The third-order valence-electron chi connectivity index (χ3n) is 3.94. The van der Waals surface area contributed by atoms with Crippen molar-refractivity contribution in [3.05, 3.63) is 54.6 Å². The molecule has 0 aliphatic heterocycles. The van der Waals surface area contributed by atoms with Gasteiger partial charge in [0.25, 0.3) is 5.91 Å². The number of hydrogen-bond acceptors (Lipinski definition) is 7. The molecule has 1 unspecified atom stereocenters. The van der Waals surface area contributed by atoms with Crippen LogP contribution in [-0.4, -0.2) is 70.3 Å². The van der Waals surface area contributed by atoms with Crippen LogP contribution in [0.3, 0.4) is 0 Å². The number of rotatable bonds is 15. The van der Waals surface area contributed by atoms with Gasteiger partial charge in [-0.05, 0) is 36.4 Å². The van der Waals surface area contributed by atoms with Crippen molar-refractivity contribution in [2.45, 2.75) is 6.10 Å². The molecule has 0 spiro atoms. The molecule has 0 heterocycles. The zero-order chi connectivity index (χ0) is 21.4. The smallest absolute Gasteiger partial charge is 0.258 e. The first-order valence-corrected chi connectivity index (χ1v) is 9.85. The molecule has 0 saturated carbocycles. The van der Waals surface area contributed by atoms with Crippen LogP contribution in [0.1, 0.15) is 0 Å². The molecule has 0 aliphatic rings. The van der Waals surface area contributed by atoms with E-state index < -0.39 is 6.10 Å². The van der Waals surface area contributed by atoms with E-state index in [2.05, 4.69) is 10.6 Å². The molecule has 0 fully saturated rings. The van der Waals surface area contributed by atoms with Gasteiger partial charge < -0.3 is 34.7 Å². The Labute approximate surface area is 189 Å². The lowest BCUT2D eigenvalue weighted by molar-refractivity contribution is -0.123. The summed E-state index contributed by atoms with van der Waals surface area (Å²) in [7, 11) is 1.58. The summed E-state index contributed by atoms with van der Waals surface area (Å²) < 4.78 is 21.4. The summed E-state index contributed by atoms with van der Waals surface area (Å²) in [4.78, 5) is 11.6. The van der Waals surface area contributed by atoms with E-state index in [0.717, 1.165) is 5.75 Å². The van der Waals surface area contributed by atoms with E-state index in [1.165, 1.54) is 0 Å². The van der Waals surface area contributed by atoms with Crippen molar-refractivity contribution in [1.82, 2.24) is 10.6 Å². The number of halogens is 1. The van der Waals surface area contributed by atoms with Gasteiger partial charge >= 0.3 is 0 Å². The second kappa shape index (κ2) is 16.2. The van der Waals surface area contributed by atoms with E-state index in [1.807, 2.05) is 30.3 Å². The number of para-hydroxylation sites is 1. The van der Waals surface area contributed by atoms with Crippen LogP contribution >= 0.6 is 12.4 Å². The fourth-order valence-corrected chi connectivity index (χ4v) is 2.40. The van der Waals surface area contributed by atoms with Crippen molar-refractivity contribution >= 4 is 18.3 Å². The van der Waals surface area contributed by atoms with Crippen molar-refractivity contribution < 1.29 is 28.8 Å². The minimum absolute atomic E-state index is 0. The summed E-state index contributed by atoms with van der Waals surface area (Å²) in [6.07, 6.45) is -0.603. The number of nitrogens with one attached hydrogen (secondary N) is 2. The van der Waals surface area contributed by atoms with Crippen LogP contribution in [0.4, 0.5) is 0 Å². The van der Waals surface area contributed by atoms with Gasteiger partial charge in [0.15, 0.2) is 6.61 Å². The number of methoxy groups -OCH3 is 1. The minimum atomic E-state index is -0.603. The molecule has 1 atom stereocenters. The fraction of sp³-hybridized carbons (Fsp3) is 0.409. The lowest BCUT2D eigenvalue weighted by Gasteiger charge is -2.13. The van der Waals surface area contributed by atoms with Crippen LogP contribution < -0.4 is 24.8 Å². The largest absolute Gasteiger partial charge is 0.492 e. The first-order valence-electron chi connectivity index (χ1n) is 9.85. The lowest BCUT2D eigenvalue weighted by atomic mass is 10.3. The predicted molar refractivity (Wildman–Crippen MR) is 120 cm³/mol. The number of carbonyl (C=O) groups excluding carboxylic acids is 1. The zero-order valence-corrected chi connectivity index (χ0v) is 18.4. The second-order valence-corrected chi connectivity index (χ2v) is 6.43. The van der Waals surface area contributed by atoms with Crippen molar-refractivity contribution in [3.63, 3.8) is 0 Å². The SMILES string of the molecule is COCCNC(=O)COc1ccc(OCCNCC(O)COc2ccccc2)cc1.Cl. The molecule has 0 bridgehead atoms. The Morgan fingerprint density at radius 2 is 1.55 bits per heavy atom. The first-order chi connectivity index (χ1) is 14.7. The van der Waals surface area contributed by atoms with Crippen molar-refractivity contribution in [3.8, 4) is 17.2 Å². The molecule has 2 aromatic rings. The van der Waals surface area contributed by atoms with Crippen LogP contribution in [0.25, 0.3) is 0 Å². The average molecular weight is 455 g/mol. The molecule has 0 radical (unpaired) electrons. The maximum Gasteiger partial charge on any atom is 0.258 e. The van der Waals surface area contributed by atoms with E-state index in [9.17, 15) is 9.90 Å². The normalized spacial score (nSPS) is 11.2. The van der Waals surface area contributed by atoms with Gasteiger partial charge in [0, 0.05) is 26.7 Å². The molecule has 2 rings (SSSR count). The van der Waals surface area contributed by atoms with Crippen LogP contribution in [0.15, 0.2) is 54.6 Å². The van der Waals surface area contributed by atoms with Crippen LogP contribution in [0.2, 0.25) is 0 Å². The van der Waals surface area contributed by atoms with Crippen molar-refractivity contribution in [2.75, 3.05) is 53.2 Å². The fourth-order valence-electron chi connectivity index (χ4n) is 2.40. The molecule has 31 heavy (non-hydrogen) atoms. The highest BCUT2D eigenvalue weighted by Crippen LogP contribution is 2.17. The van der Waals surface area contributed by atoms with Gasteiger partial charge in [0.2, 0.25) is 0 Å². The van der Waals surface area contributed by atoms with Crippen LogP contribution in [0.5, 0.6) is 17.2 Å². The Morgan fingerprint density at radius 1 is 0.903 bits per heavy atom. The molecule has 172 valence electrons. The van der Waals surface area contributed by atoms with Gasteiger partial charge in [-0.25, -0.2) is 0 Å². The molecule has 2 aromatic carbocycles. The Hall–Kier alpha value is -2.52. The number of aliphatic hydroxyl groups is 1. The molecule has 3 N–H and O–H groups in total. The molecule has 0 aliphatic carbocycles. The molecule has 1 amide bonds. The standard InChI is InChI=1S/C22H30N2O6.ClH/c1-27-13-12-24-22(26)17-30-21-9-7-20(8-10-21)28-14-11-23-15-18(25)16-29-19-5-3-2-4-6-19;/h2-10,18,23,25H,11-17H2,1H3,(H,24,26);1H. The maximum absolute atomic E-state index is 11.6. The van der Waals surface area contributed by atoms with Crippen molar-refractivity contribution in [2.24, 2.45) is 0 Å². The maximum atomic E-state index is 11.6. The summed E-state index contributed by atoms with van der Waals surface area (Å²) in [5, 5.41) is 15.7. The molecule has 0 saturated heterocycles. The Kier molecular flexibility index (Phi) is 13.9. The van der Waals surface area contributed by atoms with Gasteiger partial charge in [-0.1, -0.05) is 18.2 Å². The zero-order valence-electron chi connectivity index (χ0n) is 17.6. The number of amides is 1. The second-order valence-electron chi connectivity index (χ2n) is 6.43. The number of carbonyl (C=O) groups is 1. The summed E-state index contributed by atoms with van der Waals surface area (Å²) >= 11 is 0. The Balaban J connectivity index is 0.00000480. The lowest BCUT2D eigenvalue weighted by Crippen LogP contribution is -2.33. The highest BCUT2D eigenvalue weighted by molar-refractivity contribution is 5.85. The summed E-state index contributed by atoms with van der Waals surface area (Å²) in [6, 6.07) is 16.4. The van der Waals surface area contributed by atoms with Gasteiger partial charge in [-0.2, -0.15) is 0 Å². The third-order valence-corrected chi connectivity index (χ3v) is 3.94. The molecular formula is C22H31ClN2O6. The topological polar surface area (TPSA) is 98.3 Å². The van der Waals surface area contributed by atoms with Gasteiger partial charge in [0.05, 0.1) is 6.61 Å². The predicted octanol–water partition coefficient (Wildman–Crippen LogP) is 1.66. The van der Waals surface area contributed by atoms with Crippen LogP contribution in [0, 0.1) is 0 Å². The molecule has 0 aromatic heterocycles. The van der Waals surface area contributed by atoms with Gasteiger partial charge in [-0.15, -0.1) is 12.4 Å². The highest BCUT2D eigenvalue weighted by Gasteiger charge is 2.05. The summed E-state index contributed by atoms with van der Waals surface area (Å²) in [5.41, 5.74) is 0. The number of ether oxygens (including phenoxy) is 4. The highest BCUT2D eigenvalue weighted by atomic mass is 35.5. The van der Waals surface area contributed by atoms with E-state index >= 15 is 0 Å². The number of hydrogen-bond donors (Lipinski definition) is 3. The van der Waals surface area contributed by atoms with E-state index in [1.54, 1.807) is 31.4 Å². The third kappa shape index (κ3) is 12.0. The molecule has 9 heteroatoms. The minimum Gasteiger partial charge on any atom is -0.492 e. The number of benzene rings is 2. The Bertz CT molecular complexity index is 718. The first kappa shape index (κ1) is 26.5. The summed E-state index contributed by atoms with van der Waals surface area (Å²) in [5.74, 6) is 1.82. The summed E-state index contributed by atoms with van der Waals surface area (Å²) in [6.45, 7) is 2.55. The monoisotopic (exact) mass is 454 g/mol. The van der Waals surface area contributed by atoms with Gasteiger partial charge in [0.1, 0.15) is 36.6 Å². The quantitative estimate of drug-likeness (QED) is 0.352. The van der Waals surface area contributed by atoms with Crippen molar-refractivity contribution in [1.29, 1.82) is 0 Å². The molecular weight excluding hydrogens is 424 g/mol. The molecule has 8 nitrogen and oxygen atoms in total. The van der Waals surface area contributed by atoms with E-state index in [4.69, 9.17) is 18.9 Å². The van der Waals surface area contributed by atoms with Gasteiger partial charge in [-0.3, -0.25) is 4.79 Å². The van der Waals surface area contributed by atoms with E-state index in [0.29, 0.717) is 44.3 Å². The average Bonchev–Trinajstić information content (AvgIpc) is 2.78. The number of aliphatic hydroxyl groups excluding tert-OH is 1. The van der Waals surface area contributed by atoms with E-state index in [-0.39, 0.29) is 31.5 Å². The van der Waals surface area contributed by atoms with Crippen LogP contribution in [-0.2, 0) is 9.53 Å². The Morgan fingerprint density at radius 3 is 2.23 bits per heavy atom.